The Morgan fingerprint density at radius 3 is 2.63 bits per heavy atom. The fourth-order valence-electron chi connectivity index (χ4n) is 3.98. The summed E-state index contributed by atoms with van der Waals surface area (Å²) in [5.41, 5.74) is 7.03. The average Bonchev–Trinajstić information content (AvgIpc) is 3.46. The molecule has 4 heterocycles. The second-order valence-corrected chi connectivity index (χ2v) is 8.10. The van der Waals surface area contributed by atoms with Crippen molar-refractivity contribution in [2.24, 2.45) is 7.05 Å². The summed E-state index contributed by atoms with van der Waals surface area (Å²) < 4.78 is 60.8. The third kappa shape index (κ3) is 4.16. The van der Waals surface area contributed by atoms with Gasteiger partial charge < -0.3 is 10.5 Å². The van der Waals surface area contributed by atoms with Crippen molar-refractivity contribution < 1.29 is 27.1 Å². The summed E-state index contributed by atoms with van der Waals surface area (Å²) in [5, 5.41) is 4.59. The standard InChI is InChI=1S/C23H18F4N6O2/c1-32-9-14(7-30-32)33(8-13-3-2-12(6-29-13)23(25,26)27)22(34)16-4-15-17-10-35-11-18(17)21(28)31-20(15)5-19(16)24/h2-7,9H,8,10-11H2,1H3,(H2,28,31). The van der Waals surface area contributed by atoms with Crippen molar-refractivity contribution in [3.05, 3.63) is 76.6 Å². The van der Waals surface area contributed by atoms with Crippen LogP contribution in [-0.2, 0) is 37.7 Å². The van der Waals surface area contributed by atoms with Crippen LogP contribution in [0.25, 0.3) is 10.9 Å². The third-order valence-corrected chi connectivity index (χ3v) is 5.77. The number of aromatic nitrogens is 4. The zero-order valence-corrected chi connectivity index (χ0v) is 18.3. The zero-order chi connectivity index (χ0) is 24.9. The summed E-state index contributed by atoms with van der Waals surface area (Å²) >= 11 is 0. The maximum atomic E-state index is 15.1. The molecule has 3 aromatic heterocycles. The van der Waals surface area contributed by atoms with Crippen LogP contribution in [0.4, 0.5) is 29.1 Å². The zero-order valence-electron chi connectivity index (χ0n) is 18.3. The van der Waals surface area contributed by atoms with Crippen molar-refractivity contribution in [3.63, 3.8) is 0 Å². The highest BCUT2D eigenvalue weighted by Crippen LogP contribution is 2.33. The molecule has 2 N–H and O–H groups in total. The van der Waals surface area contributed by atoms with Crippen molar-refractivity contribution in [3.8, 4) is 0 Å². The van der Waals surface area contributed by atoms with Crippen LogP contribution in [0.1, 0.15) is 32.7 Å². The lowest BCUT2D eigenvalue weighted by molar-refractivity contribution is -0.137. The second-order valence-electron chi connectivity index (χ2n) is 8.10. The fourth-order valence-corrected chi connectivity index (χ4v) is 3.98. The normalized spacial score (nSPS) is 13.3. The minimum absolute atomic E-state index is 0.181. The van der Waals surface area contributed by atoms with Crippen molar-refractivity contribution in [1.82, 2.24) is 19.7 Å². The van der Waals surface area contributed by atoms with E-state index in [9.17, 15) is 18.0 Å². The first-order chi connectivity index (χ1) is 16.6. The first kappa shape index (κ1) is 22.7. The molecule has 0 fully saturated rings. The molecule has 1 aliphatic rings. The summed E-state index contributed by atoms with van der Waals surface area (Å²) in [7, 11) is 1.64. The van der Waals surface area contributed by atoms with E-state index in [1.54, 1.807) is 7.05 Å². The van der Waals surface area contributed by atoms with Crippen LogP contribution in [0, 0.1) is 5.82 Å². The number of ether oxygens (including phenoxy) is 1. The molecule has 0 bridgehead atoms. The van der Waals surface area contributed by atoms with Crippen LogP contribution in [0.3, 0.4) is 0 Å². The molecular weight excluding hydrogens is 468 g/mol. The van der Waals surface area contributed by atoms with Crippen molar-refractivity contribution in [2.45, 2.75) is 25.9 Å². The van der Waals surface area contributed by atoms with Crippen LogP contribution in [0.5, 0.6) is 0 Å². The van der Waals surface area contributed by atoms with Crippen LogP contribution >= 0.6 is 0 Å². The molecule has 0 unspecified atom stereocenters. The minimum atomic E-state index is -4.54. The van der Waals surface area contributed by atoms with E-state index in [4.69, 9.17) is 10.5 Å². The number of nitrogen functional groups attached to an aromatic ring is 1. The van der Waals surface area contributed by atoms with Gasteiger partial charge in [0.15, 0.2) is 0 Å². The molecule has 0 aliphatic carbocycles. The largest absolute Gasteiger partial charge is 0.417 e. The van der Waals surface area contributed by atoms with Gasteiger partial charge in [-0.25, -0.2) is 9.37 Å². The number of alkyl halides is 3. The number of carbonyl (C=O) groups is 1. The van der Waals surface area contributed by atoms with Gasteiger partial charge in [0.1, 0.15) is 11.6 Å². The van der Waals surface area contributed by atoms with E-state index in [0.29, 0.717) is 22.8 Å². The SMILES string of the molecule is Cn1cc(N(Cc2ccc(C(F)(F)F)cn2)C(=O)c2cc3c4c(c(N)nc3cc2F)COC4)cn1. The quantitative estimate of drug-likeness (QED) is 0.438. The highest BCUT2D eigenvalue weighted by atomic mass is 19.4. The number of nitrogens with two attached hydrogens (primary N) is 1. The van der Waals surface area contributed by atoms with Crippen LogP contribution in [-0.4, -0.2) is 25.7 Å². The lowest BCUT2D eigenvalue weighted by atomic mass is 10.0. The molecule has 0 spiro atoms. The molecule has 1 amide bonds. The van der Waals surface area contributed by atoms with Gasteiger partial charge in [0.2, 0.25) is 0 Å². The van der Waals surface area contributed by atoms with E-state index in [2.05, 4.69) is 15.1 Å². The smallest absolute Gasteiger partial charge is 0.383 e. The summed E-state index contributed by atoms with van der Waals surface area (Å²) in [5.74, 6) is -1.29. The Kier molecular flexibility index (Phi) is 5.39. The van der Waals surface area contributed by atoms with E-state index in [-0.39, 0.29) is 42.4 Å². The number of rotatable bonds is 4. The highest BCUT2D eigenvalue weighted by Gasteiger charge is 2.31. The Balaban J connectivity index is 1.56. The van der Waals surface area contributed by atoms with Crippen molar-refractivity contribution in [1.29, 1.82) is 0 Å². The summed E-state index contributed by atoms with van der Waals surface area (Å²) in [6, 6.07) is 4.59. The molecule has 35 heavy (non-hydrogen) atoms. The Labute approximate surface area is 195 Å². The number of nitrogens with zero attached hydrogens (tertiary/aromatic N) is 5. The van der Waals surface area contributed by atoms with Gasteiger partial charge in [-0.1, -0.05) is 0 Å². The lowest BCUT2D eigenvalue weighted by Gasteiger charge is -2.22. The van der Waals surface area contributed by atoms with Gasteiger partial charge >= 0.3 is 6.18 Å². The number of anilines is 2. The number of hydrogen-bond donors (Lipinski definition) is 1. The number of aryl methyl sites for hydroxylation is 1. The topological polar surface area (TPSA) is 99.2 Å². The van der Waals surface area contributed by atoms with E-state index < -0.39 is 23.5 Å². The Morgan fingerprint density at radius 2 is 1.97 bits per heavy atom. The highest BCUT2D eigenvalue weighted by molar-refractivity contribution is 6.08. The first-order valence-corrected chi connectivity index (χ1v) is 10.4. The molecule has 0 saturated carbocycles. The number of benzene rings is 1. The van der Waals surface area contributed by atoms with Crippen molar-refractivity contribution in [2.75, 3.05) is 10.6 Å². The molecule has 0 radical (unpaired) electrons. The number of hydrogen-bond acceptors (Lipinski definition) is 6. The summed E-state index contributed by atoms with van der Waals surface area (Å²) in [6.07, 6.45) is -0.916. The predicted octanol–water partition coefficient (Wildman–Crippen LogP) is 3.98. The van der Waals surface area contributed by atoms with E-state index >= 15 is 4.39 Å². The lowest BCUT2D eigenvalue weighted by Crippen LogP contribution is -2.31. The van der Waals surface area contributed by atoms with Crippen molar-refractivity contribution >= 4 is 28.3 Å². The average molecular weight is 486 g/mol. The molecule has 0 saturated heterocycles. The molecule has 0 atom stereocenters. The second kappa shape index (κ2) is 8.31. The van der Waals surface area contributed by atoms with E-state index in [0.717, 1.165) is 17.7 Å². The third-order valence-electron chi connectivity index (χ3n) is 5.77. The molecule has 8 nitrogen and oxygen atoms in total. The van der Waals surface area contributed by atoms with Crippen LogP contribution < -0.4 is 10.6 Å². The number of amides is 1. The van der Waals surface area contributed by atoms with E-state index in [1.807, 2.05) is 0 Å². The van der Waals surface area contributed by atoms with Gasteiger partial charge in [0.25, 0.3) is 5.91 Å². The van der Waals surface area contributed by atoms with Gasteiger partial charge in [-0.05, 0) is 23.8 Å². The Hall–Kier alpha value is -4.06. The maximum absolute atomic E-state index is 15.1. The molecule has 180 valence electrons. The van der Waals surface area contributed by atoms with E-state index in [1.165, 1.54) is 34.1 Å². The Bertz CT molecular complexity index is 1450. The molecule has 12 heteroatoms. The van der Waals surface area contributed by atoms with Crippen LogP contribution in [0.2, 0.25) is 0 Å². The maximum Gasteiger partial charge on any atom is 0.417 e. The van der Waals surface area contributed by atoms with Gasteiger partial charge in [0, 0.05) is 36.5 Å². The molecule has 1 aliphatic heterocycles. The molecule has 1 aromatic carbocycles. The van der Waals surface area contributed by atoms with Gasteiger partial charge in [-0.2, -0.15) is 18.3 Å². The number of pyridine rings is 2. The number of fused-ring (bicyclic) bond motifs is 3. The minimum Gasteiger partial charge on any atom is -0.383 e. The molecule has 4 aromatic rings. The predicted molar refractivity (Wildman–Crippen MR) is 118 cm³/mol. The van der Waals surface area contributed by atoms with Gasteiger partial charge in [0.05, 0.1) is 54.0 Å². The van der Waals surface area contributed by atoms with Gasteiger partial charge in [-0.3, -0.25) is 19.4 Å². The number of halogens is 4. The fraction of sp³-hybridized carbons (Fsp3) is 0.217. The van der Waals surface area contributed by atoms with Gasteiger partial charge in [-0.15, -0.1) is 0 Å². The first-order valence-electron chi connectivity index (χ1n) is 10.4. The Morgan fingerprint density at radius 1 is 1.20 bits per heavy atom. The monoisotopic (exact) mass is 486 g/mol. The summed E-state index contributed by atoms with van der Waals surface area (Å²) in [4.78, 5) is 22.9. The molecular formula is C23H18F4N6O2. The molecule has 5 rings (SSSR count). The number of carbonyl (C=O) groups excluding carboxylic acids is 1. The van der Waals surface area contributed by atoms with Crippen LogP contribution in [0.15, 0.2) is 42.9 Å². The summed E-state index contributed by atoms with van der Waals surface area (Å²) in [6.45, 7) is 0.313.